The van der Waals surface area contributed by atoms with Crippen LogP contribution in [-0.4, -0.2) is 0 Å². The van der Waals surface area contributed by atoms with Crippen molar-refractivity contribution in [2.75, 3.05) is 0 Å². The van der Waals surface area contributed by atoms with Crippen LogP contribution in [0.5, 0.6) is 5.75 Å². The Labute approximate surface area is 208 Å². The third kappa shape index (κ3) is 5.60. The molecule has 2 fully saturated rings. The van der Waals surface area contributed by atoms with Crippen molar-refractivity contribution >= 4 is 0 Å². The first-order valence-corrected chi connectivity index (χ1v) is 13.4. The average molecular weight is 475 g/mol. The Bertz CT molecular complexity index is 1130. The lowest BCUT2D eigenvalue weighted by molar-refractivity contribution is 0.114. The summed E-state index contributed by atoms with van der Waals surface area (Å²) in [6.07, 6.45) is 10.4. The molecule has 4 unspecified atom stereocenters. The van der Waals surface area contributed by atoms with Gasteiger partial charge in [-0.15, -0.1) is 0 Å². The molecule has 3 heteroatoms. The Kier molecular flexibility index (Phi) is 7.51. The molecule has 2 aliphatic rings. The molecule has 0 radical (unpaired) electrons. The van der Waals surface area contributed by atoms with Gasteiger partial charge in [-0.1, -0.05) is 74.7 Å². The molecule has 1 nitrogen and oxygen atoms in total. The van der Waals surface area contributed by atoms with Gasteiger partial charge in [-0.25, -0.2) is 8.78 Å². The quantitative estimate of drug-likeness (QED) is 0.331. The van der Waals surface area contributed by atoms with Gasteiger partial charge in [0.1, 0.15) is 12.4 Å². The van der Waals surface area contributed by atoms with E-state index in [0.717, 1.165) is 35.3 Å². The molecule has 0 saturated heterocycles. The van der Waals surface area contributed by atoms with Gasteiger partial charge in [-0.05, 0) is 90.7 Å². The van der Waals surface area contributed by atoms with Gasteiger partial charge in [0, 0.05) is 5.56 Å². The summed E-state index contributed by atoms with van der Waals surface area (Å²) in [7, 11) is 0. The smallest absolute Gasteiger partial charge is 0.165 e. The summed E-state index contributed by atoms with van der Waals surface area (Å²) >= 11 is 0. The van der Waals surface area contributed by atoms with E-state index in [-0.39, 0.29) is 11.6 Å². The first kappa shape index (κ1) is 24.0. The van der Waals surface area contributed by atoms with Crippen molar-refractivity contribution in [1.29, 1.82) is 0 Å². The van der Waals surface area contributed by atoms with E-state index in [0.29, 0.717) is 23.7 Å². The van der Waals surface area contributed by atoms with Gasteiger partial charge in [0.15, 0.2) is 11.6 Å². The molecule has 184 valence electrons. The van der Waals surface area contributed by atoms with Gasteiger partial charge in [0.25, 0.3) is 0 Å². The Morgan fingerprint density at radius 3 is 2.37 bits per heavy atom. The van der Waals surface area contributed by atoms with Crippen molar-refractivity contribution in [3.05, 3.63) is 89.5 Å². The van der Waals surface area contributed by atoms with Crippen LogP contribution >= 0.6 is 0 Å². The van der Waals surface area contributed by atoms with Crippen LogP contribution in [0.1, 0.15) is 75.3 Å². The molecule has 0 bridgehead atoms. The zero-order chi connectivity index (χ0) is 24.2. The van der Waals surface area contributed by atoms with Crippen LogP contribution in [0.25, 0.3) is 11.1 Å². The standard InChI is InChI=1S/C32H36F2O/c1-2-6-22-9-10-25-18-26(12-11-24(25)17-22)27-13-15-29(30(33)19-27)28-14-16-32(31(34)20-28)35-21-23-7-4-3-5-8-23/h3-5,7-8,13-16,19-20,22,24-26H,2,6,9-12,17-18,21H2,1H3. The molecule has 0 spiro atoms. The second-order valence-electron chi connectivity index (χ2n) is 10.7. The summed E-state index contributed by atoms with van der Waals surface area (Å²) in [5, 5.41) is 0. The predicted molar refractivity (Wildman–Crippen MR) is 138 cm³/mol. The van der Waals surface area contributed by atoms with Crippen molar-refractivity contribution in [3.8, 4) is 16.9 Å². The van der Waals surface area contributed by atoms with E-state index in [1.54, 1.807) is 18.2 Å². The van der Waals surface area contributed by atoms with E-state index in [1.807, 2.05) is 36.4 Å². The number of benzene rings is 3. The highest BCUT2D eigenvalue weighted by molar-refractivity contribution is 5.65. The number of ether oxygens (including phenoxy) is 1. The molecule has 5 rings (SSSR count). The van der Waals surface area contributed by atoms with Gasteiger partial charge in [0.2, 0.25) is 0 Å². The van der Waals surface area contributed by atoms with Gasteiger partial charge < -0.3 is 4.74 Å². The monoisotopic (exact) mass is 474 g/mol. The molecule has 4 atom stereocenters. The maximum Gasteiger partial charge on any atom is 0.165 e. The molecule has 2 saturated carbocycles. The van der Waals surface area contributed by atoms with E-state index in [2.05, 4.69) is 13.0 Å². The van der Waals surface area contributed by atoms with E-state index < -0.39 is 5.82 Å². The number of halogens is 2. The van der Waals surface area contributed by atoms with Crippen LogP contribution in [0.2, 0.25) is 0 Å². The molecular formula is C32H36F2O. The van der Waals surface area contributed by atoms with E-state index in [1.165, 1.54) is 51.0 Å². The molecule has 35 heavy (non-hydrogen) atoms. The van der Waals surface area contributed by atoms with E-state index in [9.17, 15) is 4.39 Å². The van der Waals surface area contributed by atoms with Crippen LogP contribution in [0, 0.1) is 29.4 Å². The summed E-state index contributed by atoms with van der Waals surface area (Å²) in [6, 6.07) is 19.9. The average Bonchev–Trinajstić information content (AvgIpc) is 2.88. The van der Waals surface area contributed by atoms with Crippen molar-refractivity contribution in [3.63, 3.8) is 0 Å². The highest BCUT2D eigenvalue weighted by Crippen LogP contribution is 2.48. The Hall–Kier alpha value is -2.68. The zero-order valence-corrected chi connectivity index (χ0v) is 20.7. The minimum absolute atomic E-state index is 0.181. The Morgan fingerprint density at radius 1 is 0.800 bits per heavy atom. The summed E-state index contributed by atoms with van der Waals surface area (Å²) in [5.74, 6) is 2.46. The maximum atomic E-state index is 15.2. The fourth-order valence-electron chi connectivity index (χ4n) is 6.50. The largest absolute Gasteiger partial charge is 0.486 e. The summed E-state index contributed by atoms with van der Waals surface area (Å²) in [6.45, 7) is 2.59. The van der Waals surface area contributed by atoms with Crippen molar-refractivity contribution in [2.45, 2.75) is 70.8 Å². The second kappa shape index (κ2) is 10.9. The Morgan fingerprint density at radius 2 is 1.60 bits per heavy atom. The van der Waals surface area contributed by atoms with Crippen molar-refractivity contribution in [1.82, 2.24) is 0 Å². The third-order valence-corrected chi connectivity index (χ3v) is 8.36. The number of hydrogen-bond acceptors (Lipinski definition) is 1. The molecule has 0 aromatic heterocycles. The van der Waals surface area contributed by atoms with Crippen LogP contribution in [-0.2, 0) is 6.61 Å². The summed E-state index contributed by atoms with van der Waals surface area (Å²) < 4.78 is 35.6. The van der Waals surface area contributed by atoms with Gasteiger partial charge in [0.05, 0.1) is 0 Å². The highest BCUT2D eigenvalue weighted by atomic mass is 19.1. The number of hydrogen-bond donors (Lipinski definition) is 0. The molecule has 3 aromatic rings. The molecule has 0 aliphatic heterocycles. The molecule has 0 heterocycles. The summed E-state index contributed by atoms with van der Waals surface area (Å²) in [5.41, 5.74) is 3.05. The van der Waals surface area contributed by atoms with Gasteiger partial charge in [-0.2, -0.15) is 0 Å². The summed E-state index contributed by atoms with van der Waals surface area (Å²) in [4.78, 5) is 0. The zero-order valence-electron chi connectivity index (χ0n) is 20.7. The third-order valence-electron chi connectivity index (χ3n) is 8.36. The molecule has 3 aromatic carbocycles. The van der Waals surface area contributed by atoms with E-state index in [4.69, 9.17) is 4.74 Å². The molecule has 2 aliphatic carbocycles. The van der Waals surface area contributed by atoms with Crippen LogP contribution in [0.4, 0.5) is 8.78 Å². The number of fused-ring (bicyclic) bond motifs is 1. The fraction of sp³-hybridized carbons (Fsp3) is 0.438. The lowest BCUT2D eigenvalue weighted by Crippen LogP contribution is -2.30. The SMILES string of the molecule is CCCC1CCC2CC(c3ccc(-c4ccc(OCc5ccccc5)c(F)c4)c(F)c3)CCC2C1. The number of rotatable bonds is 7. The van der Waals surface area contributed by atoms with Crippen LogP contribution in [0.15, 0.2) is 66.7 Å². The second-order valence-corrected chi connectivity index (χ2v) is 10.7. The predicted octanol–water partition coefficient (Wildman–Crippen LogP) is 9.31. The maximum absolute atomic E-state index is 15.2. The van der Waals surface area contributed by atoms with Crippen molar-refractivity contribution in [2.24, 2.45) is 17.8 Å². The van der Waals surface area contributed by atoms with Crippen LogP contribution in [0.3, 0.4) is 0 Å². The van der Waals surface area contributed by atoms with E-state index >= 15 is 4.39 Å². The van der Waals surface area contributed by atoms with Gasteiger partial charge >= 0.3 is 0 Å². The minimum atomic E-state index is -0.473. The van der Waals surface area contributed by atoms with Crippen molar-refractivity contribution < 1.29 is 13.5 Å². The molecular weight excluding hydrogens is 438 g/mol. The normalized spacial score (nSPS) is 24.1. The lowest BCUT2D eigenvalue weighted by Gasteiger charge is -2.42. The van der Waals surface area contributed by atoms with Crippen LogP contribution < -0.4 is 4.74 Å². The minimum Gasteiger partial charge on any atom is -0.486 e. The Balaban J connectivity index is 1.24. The first-order chi connectivity index (χ1) is 17.1. The van der Waals surface area contributed by atoms with Gasteiger partial charge in [-0.3, -0.25) is 0 Å². The highest BCUT2D eigenvalue weighted by Gasteiger charge is 2.35. The molecule has 0 N–H and O–H groups in total. The first-order valence-electron chi connectivity index (χ1n) is 13.4. The lowest BCUT2D eigenvalue weighted by atomic mass is 9.63. The molecule has 0 amide bonds. The topological polar surface area (TPSA) is 9.23 Å². The fourth-order valence-corrected chi connectivity index (χ4v) is 6.50.